The number of alkyl halides is 4. The molecule has 1 N–H and O–H groups in total. The number of halogens is 5. The van der Waals surface area contributed by atoms with Crippen molar-refractivity contribution in [3.05, 3.63) is 34.3 Å². The molecule has 0 spiro atoms. The largest absolute Gasteiger partial charge is 0.465 e. The molecule has 1 rings (SSSR count). The minimum Gasteiger partial charge on any atom is -0.465 e. The average molecular weight is 414 g/mol. The molecule has 136 valence electrons. The highest BCUT2D eigenvalue weighted by Crippen LogP contribution is 2.34. The second-order valence-electron chi connectivity index (χ2n) is 5.92. The highest BCUT2D eigenvalue weighted by molar-refractivity contribution is 9.10. The molecule has 0 heterocycles. The number of esters is 1. The van der Waals surface area contributed by atoms with Crippen LogP contribution in [0.1, 0.15) is 38.8 Å². The Balaban J connectivity index is 3.11. The number of hydrogen-bond acceptors (Lipinski definition) is 3. The number of carbonyl (C=O) groups is 1. The van der Waals surface area contributed by atoms with Crippen LogP contribution in [0.25, 0.3) is 0 Å². The Labute approximate surface area is 146 Å². The zero-order valence-corrected chi connectivity index (χ0v) is 15.2. The smallest absolute Gasteiger partial charge is 0.407 e. The van der Waals surface area contributed by atoms with Gasteiger partial charge in [-0.25, -0.2) is 4.39 Å². The van der Waals surface area contributed by atoms with Gasteiger partial charge < -0.3 is 4.74 Å². The highest BCUT2D eigenvalue weighted by Gasteiger charge is 2.44. The molecule has 0 aromatic heterocycles. The first-order chi connectivity index (χ1) is 10.9. The third-order valence-corrected chi connectivity index (χ3v) is 3.69. The molecular formula is C16H20BrF4NO2. The van der Waals surface area contributed by atoms with E-state index >= 15 is 0 Å². The van der Waals surface area contributed by atoms with Crippen LogP contribution in [0.4, 0.5) is 17.6 Å². The lowest BCUT2D eigenvalue weighted by molar-refractivity contribution is -0.165. The quantitative estimate of drug-likeness (QED) is 0.519. The maximum Gasteiger partial charge on any atom is 0.407 e. The molecular weight excluding hydrogens is 394 g/mol. The topological polar surface area (TPSA) is 38.3 Å². The fourth-order valence-corrected chi connectivity index (χ4v) is 2.44. The van der Waals surface area contributed by atoms with Gasteiger partial charge >= 0.3 is 12.1 Å². The average Bonchev–Trinajstić information content (AvgIpc) is 2.42. The second kappa shape index (κ2) is 8.29. The van der Waals surface area contributed by atoms with Crippen molar-refractivity contribution >= 4 is 21.9 Å². The van der Waals surface area contributed by atoms with E-state index in [-0.39, 0.29) is 12.2 Å². The molecule has 0 aliphatic carbocycles. The molecule has 0 aliphatic heterocycles. The molecule has 0 unspecified atom stereocenters. The molecule has 2 atom stereocenters. The van der Waals surface area contributed by atoms with Gasteiger partial charge in [-0.1, -0.05) is 28.1 Å². The maximum absolute atomic E-state index is 13.9. The van der Waals surface area contributed by atoms with E-state index in [0.717, 1.165) is 0 Å². The summed E-state index contributed by atoms with van der Waals surface area (Å²) >= 11 is 3.15. The minimum absolute atomic E-state index is 0.00129. The van der Waals surface area contributed by atoms with Crippen molar-refractivity contribution in [3.8, 4) is 0 Å². The molecule has 0 amide bonds. The number of nitrogens with one attached hydrogen (secondary N) is 1. The number of rotatable bonds is 7. The number of benzene rings is 1. The van der Waals surface area contributed by atoms with E-state index in [1.807, 2.05) is 0 Å². The van der Waals surface area contributed by atoms with Gasteiger partial charge in [-0.2, -0.15) is 13.2 Å². The number of ether oxygens (including phenoxy) is 1. The van der Waals surface area contributed by atoms with Crippen LogP contribution in [-0.2, 0) is 9.53 Å². The van der Waals surface area contributed by atoms with E-state index in [2.05, 4.69) is 21.2 Å². The van der Waals surface area contributed by atoms with Crippen molar-refractivity contribution in [2.75, 3.05) is 6.61 Å². The van der Waals surface area contributed by atoms with Gasteiger partial charge in [0.2, 0.25) is 0 Å². The van der Waals surface area contributed by atoms with E-state index in [1.54, 1.807) is 0 Å². The fraction of sp³-hybridized carbons (Fsp3) is 0.562. The standard InChI is InChI=1S/C16H20BrF4NO2/c1-4-24-14(23)12(9-15(2,3)18)22-13(16(19,20)21)10-5-7-11(17)8-6-10/h5-8,12-13,22H,4,9H2,1-3H3/t12-,13-/m0/s1. The Kier molecular flexibility index (Phi) is 7.22. The molecule has 3 nitrogen and oxygen atoms in total. The first-order valence-electron chi connectivity index (χ1n) is 7.38. The molecule has 0 saturated carbocycles. The van der Waals surface area contributed by atoms with Gasteiger partial charge in [0.1, 0.15) is 17.8 Å². The first-order valence-corrected chi connectivity index (χ1v) is 8.17. The van der Waals surface area contributed by atoms with E-state index < -0.39 is 36.3 Å². The van der Waals surface area contributed by atoms with Crippen molar-refractivity contribution in [3.63, 3.8) is 0 Å². The zero-order chi connectivity index (χ0) is 18.5. The van der Waals surface area contributed by atoms with Crippen LogP contribution in [0.2, 0.25) is 0 Å². The Bertz CT molecular complexity index is 540. The Morgan fingerprint density at radius 3 is 2.17 bits per heavy atom. The van der Waals surface area contributed by atoms with Gasteiger partial charge in [-0.15, -0.1) is 0 Å². The number of carbonyl (C=O) groups excluding carboxylic acids is 1. The summed E-state index contributed by atoms with van der Waals surface area (Å²) in [7, 11) is 0. The van der Waals surface area contributed by atoms with Gasteiger partial charge in [-0.3, -0.25) is 10.1 Å². The summed E-state index contributed by atoms with van der Waals surface area (Å²) < 4.78 is 59.6. The van der Waals surface area contributed by atoms with Crippen molar-refractivity contribution in [2.45, 2.75) is 51.1 Å². The Morgan fingerprint density at radius 2 is 1.75 bits per heavy atom. The van der Waals surface area contributed by atoms with Crippen LogP contribution >= 0.6 is 15.9 Å². The van der Waals surface area contributed by atoms with Crippen molar-refractivity contribution in [1.82, 2.24) is 5.32 Å². The third kappa shape index (κ3) is 6.76. The minimum atomic E-state index is -4.65. The molecule has 24 heavy (non-hydrogen) atoms. The lowest BCUT2D eigenvalue weighted by atomic mass is 9.98. The summed E-state index contributed by atoms with van der Waals surface area (Å²) in [5, 5.41) is 2.22. The van der Waals surface area contributed by atoms with E-state index in [9.17, 15) is 22.4 Å². The van der Waals surface area contributed by atoms with Crippen molar-refractivity contribution in [1.29, 1.82) is 0 Å². The lowest BCUT2D eigenvalue weighted by Crippen LogP contribution is -2.47. The molecule has 0 saturated heterocycles. The first kappa shape index (κ1) is 20.9. The molecule has 8 heteroatoms. The van der Waals surface area contributed by atoms with Crippen LogP contribution in [0.15, 0.2) is 28.7 Å². The summed E-state index contributed by atoms with van der Waals surface area (Å²) in [5.74, 6) is -0.908. The second-order valence-corrected chi connectivity index (χ2v) is 6.84. The van der Waals surface area contributed by atoms with E-state index in [4.69, 9.17) is 4.74 Å². The van der Waals surface area contributed by atoms with Crippen LogP contribution in [0.5, 0.6) is 0 Å². The van der Waals surface area contributed by atoms with Crippen molar-refractivity contribution in [2.24, 2.45) is 0 Å². The predicted octanol–water partition coefficient (Wildman–Crippen LogP) is 4.71. The number of hydrogen-bond donors (Lipinski definition) is 1. The van der Waals surface area contributed by atoms with Crippen LogP contribution in [-0.4, -0.2) is 30.5 Å². The molecule has 0 fully saturated rings. The van der Waals surface area contributed by atoms with Gasteiger partial charge in [0, 0.05) is 10.9 Å². The monoisotopic (exact) mass is 413 g/mol. The van der Waals surface area contributed by atoms with Crippen LogP contribution < -0.4 is 5.32 Å². The summed E-state index contributed by atoms with van der Waals surface area (Å²) in [5.41, 5.74) is -1.91. The van der Waals surface area contributed by atoms with Gasteiger partial charge in [0.05, 0.1) is 6.61 Å². The fourth-order valence-electron chi connectivity index (χ4n) is 2.17. The maximum atomic E-state index is 13.9. The van der Waals surface area contributed by atoms with Crippen LogP contribution in [0.3, 0.4) is 0 Å². The van der Waals surface area contributed by atoms with Crippen LogP contribution in [0, 0.1) is 0 Å². The summed E-state index contributed by atoms with van der Waals surface area (Å²) in [4.78, 5) is 11.9. The lowest BCUT2D eigenvalue weighted by Gasteiger charge is -2.29. The summed E-state index contributed by atoms with van der Waals surface area (Å²) in [6, 6.07) is 1.99. The normalized spacial score (nSPS) is 15.0. The molecule has 0 radical (unpaired) electrons. The van der Waals surface area contributed by atoms with Gasteiger partial charge in [-0.05, 0) is 38.5 Å². The predicted molar refractivity (Wildman–Crippen MR) is 86.3 cm³/mol. The molecule has 0 aliphatic rings. The SMILES string of the molecule is CCOC(=O)[C@H](CC(C)(C)F)N[C@@H](c1ccc(Br)cc1)C(F)(F)F. The van der Waals surface area contributed by atoms with Gasteiger partial charge in [0.15, 0.2) is 0 Å². The highest BCUT2D eigenvalue weighted by atomic mass is 79.9. The van der Waals surface area contributed by atoms with E-state index in [0.29, 0.717) is 4.47 Å². The Morgan fingerprint density at radius 1 is 1.21 bits per heavy atom. The molecule has 1 aromatic rings. The molecule has 1 aromatic carbocycles. The Hall–Kier alpha value is -1.15. The third-order valence-electron chi connectivity index (χ3n) is 3.16. The summed E-state index contributed by atoms with van der Waals surface area (Å²) in [6.45, 7) is 3.93. The zero-order valence-electron chi connectivity index (χ0n) is 13.6. The molecule has 0 bridgehead atoms. The van der Waals surface area contributed by atoms with E-state index in [1.165, 1.54) is 45.0 Å². The van der Waals surface area contributed by atoms with Crippen molar-refractivity contribution < 1.29 is 27.1 Å². The van der Waals surface area contributed by atoms with Gasteiger partial charge in [0.25, 0.3) is 0 Å². The summed E-state index contributed by atoms with van der Waals surface area (Å²) in [6.07, 6.45) is -5.09.